The van der Waals surface area contributed by atoms with Gasteiger partial charge in [-0.25, -0.2) is 8.78 Å². The molecule has 0 aliphatic rings. The monoisotopic (exact) mass is 361 g/mol. The fraction of sp³-hybridized carbons (Fsp3) is 0.300. The highest BCUT2D eigenvalue weighted by Crippen LogP contribution is 2.35. The van der Waals surface area contributed by atoms with E-state index in [0.717, 1.165) is 28.3 Å². The molecule has 26 heavy (non-hydrogen) atoms. The highest BCUT2D eigenvalue weighted by atomic mass is 19.2. The van der Waals surface area contributed by atoms with Gasteiger partial charge in [-0.15, -0.1) is 0 Å². The van der Waals surface area contributed by atoms with Crippen molar-refractivity contribution in [1.29, 1.82) is 0 Å². The Labute approximate surface area is 150 Å². The normalized spacial score (nSPS) is 13.2. The quantitative estimate of drug-likeness (QED) is 0.765. The molecule has 1 atom stereocenters. The van der Waals surface area contributed by atoms with Gasteiger partial charge >= 0.3 is 5.97 Å². The number of nitrogens with one attached hydrogen (secondary N) is 1. The summed E-state index contributed by atoms with van der Waals surface area (Å²) in [5, 5.41) is 11.5. The Balaban J connectivity index is 2.74. The van der Waals surface area contributed by atoms with Crippen LogP contribution in [0.4, 0.5) is 8.78 Å². The van der Waals surface area contributed by atoms with Crippen LogP contribution in [0.5, 0.6) is 0 Å². The van der Waals surface area contributed by atoms with Crippen molar-refractivity contribution in [3.8, 4) is 11.1 Å². The number of hydrogen-bond acceptors (Lipinski definition) is 2. The van der Waals surface area contributed by atoms with Gasteiger partial charge in [-0.05, 0) is 62.1 Å². The number of aliphatic carboxylic acids is 1. The summed E-state index contributed by atoms with van der Waals surface area (Å²) in [6.45, 7) is 7.04. The molecule has 0 saturated carbocycles. The van der Waals surface area contributed by atoms with Gasteiger partial charge in [-0.3, -0.25) is 9.59 Å². The first-order chi connectivity index (χ1) is 12.1. The van der Waals surface area contributed by atoms with Gasteiger partial charge in [0.25, 0.3) is 0 Å². The van der Waals surface area contributed by atoms with E-state index in [4.69, 9.17) is 5.11 Å². The summed E-state index contributed by atoms with van der Waals surface area (Å²) in [5.74, 6) is -3.51. The lowest BCUT2D eigenvalue weighted by molar-refractivity contribution is -0.138. The number of hydrogen-bond donors (Lipinski definition) is 2. The number of benzene rings is 2. The first-order valence-electron chi connectivity index (χ1n) is 8.10. The molecule has 0 bridgehead atoms. The van der Waals surface area contributed by atoms with Gasteiger partial charge in [-0.2, -0.15) is 0 Å². The highest BCUT2D eigenvalue weighted by Gasteiger charge is 2.34. The zero-order chi connectivity index (χ0) is 19.6. The van der Waals surface area contributed by atoms with Crippen LogP contribution < -0.4 is 5.32 Å². The first-order valence-corrected chi connectivity index (χ1v) is 8.10. The van der Waals surface area contributed by atoms with E-state index in [0.29, 0.717) is 5.56 Å². The lowest BCUT2D eigenvalue weighted by Gasteiger charge is -2.29. The number of halogens is 2. The highest BCUT2D eigenvalue weighted by molar-refractivity contribution is 5.74. The van der Waals surface area contributed by atoms with Crippen LogP contribution in [-0.2, 0) is 15.1 Å². The molecule has 0 heterocycles. The summed E-state index contributed by atoms with van der Waals surface area (Å²) in [6.07, 6.45) is -0.299. The average Bonchev–Trinajstić information content (AvgIpc) is 2.48. The Kier molecular flexibility index (Phi) is 5.44. The van der Waals surface area contributed by atoms with Crippen LogP contribution in [0.2, 0.25) is 0 Å². The number of carbonyl (C=O) groups is 2. The minimum absolute atomic E-state index is 0.207. The summed E-state index contributed by atoms with van der Waals surface area (Å²) in [4.78, 5) is 22.1. The number of rotatable bonds is 6. The van der Waals surface area contributed by atoms with Crippen molar-refractivity contribution in [3.05, 3.63) is 58.2 Å². The molecule has 0 unspecified atom stereocenters. The van der Waals surface area contributed by atoms with E-state index in [9.17, 15) is 18.4 Å². The van der Waals surface area contributed by atoms with Crippen molar-refractivity contribution >= 4 is 12.4 Å². The maximum Gasteiger partial charge on any atom is 0.306 e. The number of carboxylic acids is 1. The van der Waals surface area contributed by atoms with Gasteiger partial charge in [0, 0.05) is 5.56 Å². The van der Waals surface area contributed by atoms with E-state index in [1.165, 1.54) is 13.0 Å². The molecule has 2 aromatic rings. The molecule has 6 heteroatoms. The van der Waals surface area contributed by atoms with Gasteiger partial charge in [0.2, 0.25) is 6.41 Å². The minimum atomic E-state index is -1.58. The van der Waals surface area contributed by atoms with Gasteiger partial charge < -0.3 is 10.4 Å². The molecular formula is C20H21F2NO3. The van der Waals surface area contributed by atoms with Crippen LogP contribution in [0, 0.1) is 32.4 Å². The third-order valence-electron chi connectivity index (χ3n) is 4.47. The summed E-state index contributed by atoms with van der Waals surface area (Å²) in [7, 11) is 0. The molecule has 0 spiro atoms. The third kappa shape index (κ3) is 3.74. The fourth-order valence-corrected chi connectivity index (χ4v) is 3.43. The molecule has 4 nitrogen and oxygen atoms in total. The van der Waals surface area contributed by atoms with Crippen molar-refractivity contribution in [3.63, 3.8) is 0 Å². The summed E-state index contributed by atoms with van der Waals surface area (Å²) in [6, 6.07) is 6.36. The fourth-order valence-electron chi connectivity index (χ4n) is 3.43. The zero-order valence-electron chi connectivity index (χ0n) is 15.1. The summed E-state index contributed by atoms with van der Waals surface area (Å²) in [5.41, 5.74) is 2.22. The molecule has 0 aliphatic carbocycles. The van der Waals surface area contributed by atoms with Crippen LogP contribution in [0.25, 0.3) is 11.1 Å². The van der Waals surface area contributed by atoms with Crippen molar-refractivity contribution in [2.45, 2.75) is 39.7 Å². The van der Waals surface area contributed by atoms with Crippen molar-refractivity contribution in [2.75, 3.05) is 0 Å². The SMILES string of the molecule is Cc1cc(C)c(-c2cc(F)c(F)c([C@](C)(CC(=O)O)NC=O)c2)c(C)c1. The summed E-state index contributed by atoms with van der Waals surface area (Å²) >= 11 is 0. The average molecular weight is 361 g/mol. The van der Waals surface area contributed by atoms with Crippen LogP contribution in [0.15, 0.2) is 24.3 Å². The van der Waals surface area contributed by atoms with Crippen LogP contribution >= 0.6 is 0 Å². The maximum atomic E-state index is 14.5. The van der Waals surface area contributed by atoms with Gasteiger partial charge in [0.05, 0.1) is 12.0 Å². The third-order valence-corrected chi connectivity index (χ3v) is 4.47. The molecule has 0 fully saturated rings. The van der Waals surface area contributed by atoms with Crippen LogP contribution in [0.3, 0.4) is 0 Å². The van der Waals surface area contributed by atoms with Crippen LogP contribution in [0.1, 0.15) is 35.6 Å². The predicted octanol–water partition coefficient (Wildman–Crippen LogP) is 3.99. The van der Waals surface area contributed by atoms with Gasteiger partial charge in [-0.1, -0.05) is 17.7 Å². The minimum Gasteiger partial charge on any atom is -0.481 e. The molecule has 2 N–H and O–H groups in total. The Hall–Kier alpha value is -2.76. The second-order valence-corrected chi connectivity index (χ2v) is 6.76. The van der Waals surface area contributed by atoms with E-state index in [-0.39, 0.29) is 12.0 Å². The Bertz CT molecular complexity index is 857. The smallest absolute Gasteiger partial charge is 0.306 e. The van der Waals surface area contributed by atoms with E-state index in [2.05, 4.69) is 5.32 Å². The molecule has 2 aromatic carbocycles. The number of amides is 1. The van der Waals surface area contributed by atoms with Crippen LogP contribution in [-0.4, -0.2) is 17.5 Å². The Morgan fingerprint density at radius 2 is 1.73 bits per heavy atom. The second kappa shape index (κ2) is 7.23. The molecule has 0 aromatic heterocycles. The summed E-state index contributed by atoms with van der Waals surface area (Å²) < 4.78 is 28.8. The van der Waals surface area contributed by atoms with E-state index in [1.807, 2.05) is 32.9 Å². The van der Waals surface area contributed by atoms with E-state index < -0.39 is 29.6 Å². The molecular weight excluding hydrogens is 340 g/mol. The number of aryl methyl sites for hydroxylation is 3. The standard InChI is InChI=1S/C20H21F2NO3/c1-11-5-12(2)18(13(3)6-11)14-7-15(19(22)16(21)8-14)20(4,23-10-24)9-17(25)26/h5-8,10H,9H2,1-4H3,(H,23,24)(H,25,26)/t20-/m0/s1. The van der Waals surface area contributed by atoms with Gasteiger partial charge in [0.1, 0.15) is 0 Å². The molecule has 0 aliphatic heterocycles. The maximum absolute atomic E-state index is 14.5. The Morgan fingerprint density at radius 1 is 1.15 bits per heavy atom. The number of carbonyl (C=O) groups excluding carboxylic acids is 1. The topological polar surface area (TPSA) is 66.4 Å². The molecule has 1 amide bonds. The van der Waals surface area contributed by atoms with Crippen molar-refractivity contribution in [1.82, 2.24) is 5.32 Å². The lowest BCUT2D eigenvalue weighted by Crippen LogP contribution is -2.41. The molecule has 138 valence electrons. The van der Waals surface area contributed by atoms with Crippen molar-refractivity contribution < 1.29 is 23.5 Å². The zero-order valence-corrected chi connectivity index (χ0v) is 15.1. The number of carboxylic acid groups (broad SMARTS) is 1. The Morgan fingerprint density at radius 3 is 2.23 bits per heavy atom. The molecule has 0 radical (unpaired) electrons. The second-order valence-electron chi connectivity index (χ2n) is 6.76. The van der Waals surface area contributed by atoms with E-state index in [1.54, 1.807) is 0 Å². The van der Waals surface area contributed by atoms with E-state index >= 15 is 0 Å². The molecule has 0 saturated heterocycles. The predicted molar refractivity (Wildman–Crippen MR) is 94.8 cm³/mol. The molecule has 2 rings (SSSR count). The van der Waals surface area contributed by atoms with Gasteiger partial charge in [0.15, 0.2) is 11.6 Å². The largest absolute Gasteiger partial charge is 0.481 e. The first kappa shape index (κ1) is 19.6. The lowest BCUT2D eigenvalue weighted by atomic mass is 9.84. The van der Waals surface area contributed by atoms with Crippen molar-refractivity contribution in [2.24, 2.45) is 0 Å².